The predicted molar refractivity (Wildman–Crippen MR) is 76.6 cm³/mol. The maximum atomic E-state index is 13.5. The SMILES string of the molecule is COc1cc(-c2nc(C)n3ccc(C(=O)O)c3n2)ccc1F. The highest BCUT2D eigenvalue weighted by atomic mass is 19.1. The van der Waals surface area contributed by atoms with Crippen molar-refractivity contribution in [1.29, 1.82) is 0 Å². The second-order valence-corrected chi connectivity index (χ2v) is 4.67. The number of nitrogens with zero attached hydrogens (tertiary/aromatic N) is 3. The molecule has 2 aromatic heterocycles. The van der Waals surface area contributed by atoms with Crippen LogP contribution >= 0.6 is 0 Å². The minimum atomic E-state index is -1.07. The molecule has 3 aromatic rings. The molecule has 22 heavy (non-hydrogen) atoms. The fraction of sp³-hybridized carbons (Fsp3) is 0.133. The molecule has 1 N–H and O–H groups in total. The Balaban J connectivity index is 2.23. The number of hydrogen-bond donors (Lipinski definition) is 1. The fourth-order valence-corrected chi connectivity index (χ4v) is 2.23. The number of aromatic carboxylic acids is 1. The lowest BCUT2D eigenvalue weighted by atomic mass is 10.2. The number of halogens is 1. The molecule has 6 nitrogen and oxygen atoms in total. The quantitative estimate of drug-likeness (QED) is 0.804. The highest BCUT2D eigenvalue weighted by Gasteiger charge is 2.15. The molecule has 7 heteroatoms. The van der Waals surface area contributed by atoms with E-state index in [0.29, 0.717) is 22.9 Å². The summed E-state index contributed by atoms with van der Waals surface area (Å²) < 4.78 is 20.0. The molecule has 0 saturated carbocycles. The third-order valence-corrected chi connectivity index (χ3v) is 3.33. The molecule has 0 aliphatic rings. The lowest BCUT2D eigenvalue weighted by molar-refractivity contribution is 0.0699. The van der Waals surface area contributed by atoms with Crippen LogP contribution in [0.15, 0.2) is 30.5 Å². The zero-order chi connectivity index (χ0) is 15.9. The first-order valence-corrected chi connectivity index (χ1v) is 6.44. The van der Waals surface area contributed by atoms with E-state index in [1.54, 1.807) is 17.5 Å². The molecular weight excluding hydrogens is 289 g/mol. The average molecular weight is 301 g/mol. The van der Waals surface area contributed by atoms with Gasteiger partial charge in [0, 0.05) is 11.8 Å². The maximum absolute atomic E-state index is 13.5. The van der Waals surface area contributed by atoms with Crippen LogP contribution in [0, 0.1) is 12.7 Å². The van der Waals surface area contributed by atoms with E-state index in [4.69, 9.17) is 4.74 Å². The Labute approximate surface area is 124 Å². The van der Waals surface area contributed by atoms with Crippen LogP contribution in [-0.2, 0) is 0 Å². The molecule has 0 unspecified atom stereocenters. The number of aromatic nitrogens is 3. The topological polar surface area (TPSA) is 76.7 Å². The van der Waals surface area contributed by atoms with Gasteiger partial charge < -0.3 is 9.84 Å². The maximum Gasteiger partial charge on any atom is 0.339 e. The standard InChI is InChI=1S/C15H12FN3O3/c1-8-17-13(9-3-4-11(16)12(7-9)22-2)18-14-10(15(20)21)5-6-19(8)14/h3-7H,1-2H3,(H,20,21). The van der Waals surface area contributed by atoms with Crippen LogP contribution in [0.25, 0.3) is 17.0 Å². The smallest absolute Gasteiger partial charge is 0.339 e. The van der Waals surface area contributed by atoms with E-state index in [1.807, 2.05) is 0 Å². The van der Waals surface area contributed by atoms with Crippen molar-refractivity contribution in [3.05, 3.63) is 47.7 Å². The van der Waals surface area contributed by atoms with Gasteiger partial charge in [0.2, 0.25) is 0 Å². The molecule has 0 aliphatic heterocycles. The molecule has 2 heterocycles. The van der Waals surface area contributed by atoms with E-state index in [2.05, 4.69) is 9.97 Å². The summed E-state index contributed by atoms with van der Waals surface area (Å²) in [5, 5.41) is 9.20. The average Bonchev–Trinajstić information content (AvgIpc) is 2.92. The van der Waals surface area contributed by atoms with Gasteiger partial charge in [0.1, 0.15) is 11.4 Å². The minimum absolute atomic E-state index is 0.0764. The van der Waals surface area contributed by atoms with E-state index in [0.717, 1.165) is 0 Å². The predicted octanol–water partition coefficient (Wildman–Crippen LogP) is 2.55. The molecule has 0 atom stereocenters. The van der Waals surface area contributed by atoms with Crippen molar-refractivity contribution in [3.63, 3.8) is 0 Å². The van der Waals surface area contributed by atoms with Crippen LogP contribution in [0.2, 0.25) is 0 Å². The largest absolute Gasteiger partial charge is 0.494 e. The zero-order valence-electron chi connectivity index (χ0n) is 11.9. The Kier molecular flexibility index (Phi) is 3.25. The van der Waals surface area contributed by atoms with Gasteiger partial charge in [0.25, 0.3) is 0 Å². The van der Waals surface area contributed by atoms with Crippen LogP contribution in [0.3, 0.4) is 0 Å². The normalized spacial score (nSPS) is 10.9. The van der Waals surface area contributed by atoms with Crippen molar-refractivity contribution in [3.8, 4) is 17.1 Å². The monoisotopic (exact) mass is 301 g/mol. The second-order valence-electron chi connectivity index (χ2n) is 4.67. The number of hydrogen-bond acceptors (Lipinski definition) is 4. The molecule has 112 valence electrons. The Morgan fingerprint density at radius 1 is 1.32 bits per heavy atom. The van der Waals surface area contributed by atoms with Crippen molar-refractivity contribution in [2.75, 3.05) is 7.11 Å². The van der Waals surface area contributed by atoms with Crippen LogP contribution in [-0.4, -0.2) is 32.6 Å². The molecule has 0 fully saturated rings. The summed E-state index contributed by atoms with van der Waals surface area (Å²) in [5.74, 6) is -0.589. The van der Waals surface area contributed by atoms with Gasteiger partial charge in [-0.2, -0.15) is 0 Å². The lowest BCUT2D eigenvalue weighted by Gasteiger charge is -2.07. The van der Waals surface area contributed by atoms with Gasteiger partial charge in [-0.05, 0) is 31.2 Å². The molecule has 0 bridgehead atoms. The van der Waals surface area contributed by atoms with Gasteiger partial charge in [-0.1, -0.05) is 0 Å². The van der Waals surface area contributed by atoms with Crippen molar-refractivity contribution in [2.45, 2.75) is 6.92 Å². The summed E-state index contributed by atoms with van der Waals surface area (Å²) >= 11 is 0. The Morgan fingerprint density at radius 3 is 2.77 bits per heavy atom. The first-order chi connectivity index (χ1) is 10.5. The number of methoxy groups -OCH3 is 1. The third-order valence-electron chi connectivity index (χ3n) is 3.33. The Morgan fingerprint density at radius 2 is 2.09 bits per heavy atom. The highest BCUT2D eigenvalue weighted by Crippen LogP contribution is 2.25. The number of carboxylic acid groups (broad SMARTS) is 1. The van der Waals surface area contributed by atoms with Crippen LogP contribution in [0.4, 0.5) is 4.39 Å². The lowest BCUT2D eigenvalue weighted by Crippen LogP contribution is -2.04. The molecule has 0 saturated heterocycles. The van der Waals surface area contributed by atoms with Crippen molar-refractivity contribution < 1.29 is 19.0 Å². The first-order valence-electron chi connectivity index (χ1n) is 6.44. The minimum Gasteiger partial charge on any atom is -0.494 e. The zero-order valence-corrected chi connectivity index (χ0v) is 11.9. The molecule has 0 spiro atoms. The molecule has 0 aliphatic carbocycles. The number of fused-ring (bicyclic) bond motifs is 1. The number of carboxylic acids is 1. The van der Waals surface area contributed by atoms with E-state index < -0.39 is 11.8 Å². The van der Waals surface area contributed by atoms with Gasteiger partial charge in [-0.3, -0.25) is 4.40 Å². The van der Waals surface area contributed by atoms with Gasteiger partial charge >= 0.3 is 5.97 Å². The van der Waals surface area contributed by atoms with Gasteiger partial charge in [0.05, 0.1) is 7.11 Å². The summed E-state index contributed by atoms with van der Waals surface area (Å²) in [7, 11) is 1.37. The first kappa shape index (κ1) is 14.0. The summed E-state index contributed by atoms with van der Waals surface area (Å²) in [6.07, 6.45) is 1.60. The summed E-state index contributed by atoms with van der Waals surface area (Å²) in [6, 6.07) is 5.72. The van der Waals surface area contributed by atoms with Gasteiger partial charge in [0.15, 0.2) is 23.0 Å². The third kappa shape index (κ3) is 2.16. The summed E-state index contributed by atoms with van der Waals surface area (Å²) in [6.45, 7) is 1.74. The Bertz CT molecular complexity index is 889. The number of aryl methyl sites for hydroxylation is 1. The second kappa shape index (κ2) is 5.10. The van der Waals surface area contributed by atoms with Crippen LogP contribution in [0.1, 0.15) is 16.2 Å². The summed E-state index contributed by atoms with van der Waals surface area (Å²) in [4.78, 5) is 19.9. The van der Waals surface area contributed by atoms with Crippen LogP contribution < -0.4 is 4.74 Å². The number of rotatable bonds is 3. The van der Waals surface area contributed by atoms with E-state index in [-0.39, 0.29) is 11.3 Å². The summed E-state index contributed by atoms with van der Waals surface area (Å²) in [5.41, 5.74) is 0.917. The van der Waals surface area contributed by atoms with Crippen LogP contribution in [0.5, 0.6) is 5.75 Å². The molecule has 1 aromatic carbocycles. The molecule has 3 rings (SSSR count). The number of ether oxygens (including phenoxy) is 1. The molecular formula is C15H12FN3O3. The Hall–Kier alpha value is -2.96. The van der Waals surface area contributed by atoms with Crippen molar-refractivity contribution in [1.82, 2.24) is 14.4 Å². The van der Waals surface area contributed by atoms with Crippen molar-refractivity contribution >= 4 is 11.6 Å². The number of benzene rings is 1. The van der Waals surface area contributed by atoms with E-state index >= 15 is 0 Å². The van der Waals surface area contributed by atoms with Gasteiger partial charge in [-0.25, -0.2) is 19.2 Å². The highest BCUT2D eigenvalue weighted by molar-refractivity contribution is 5.94. The fourth-order valence-electron chi connectivity index (χ4n) is 2.23. The number of carbonyl (C=O) groups is 1. The molecule has 0 radical (unpaired) electrons. The van der Waals surface area contributed by atoms with E-state index in [9.17, 15) is 14.3 Å². The molecule has 0 amide bonds. The van der Waals surface area contributed by atoms with Gasteiger partial charge in [-0.15, -0.1) is 0 Å². The van der Waals surface area contributed by atoms with Crippen molar-refractivity contribution in [2.24, 2.45) is 0 Å². The van der Waals surface area contributed by atoms with E-state index in [1.165, 1.54) is 31.4 Å².